The molecular weight excluding hydrogens is 340 g/mol. The first kappa shape index (κ1) is 18.0. The Hall–Kier alpha value is -2.41. The molecule has 0 N–H and O–H groups in total. The average molecular weight is 368 g/mol. The third-order valence-electron chi connectivity index (χ3n) is 5.43. The molecule has 1 aliphatic heterocycles. The predicted octanol–water partition coefficient (Wildman–Crippen LogP) is 1.81. The Bertz CT molecular complexity index is 800. The Morgan fingerprint density at radius 1 is 1.11 bits per heavy atom. The van der Waals surface area contributed by atoms with E-state index in [2.05, 4.69) is 32.7 Å². The minimum atomic E-state index is 0.140. The van der Waals surface area contributed by atoms with Crippen molar-refractivity contribution >= 4 is 11.9 Å². The Morgan fingerprint density at radius 3 is 2.37 bits per heavy atom. The topological polar surface area (TPSA) is 57.5 Å². The molecule has 3 heterocycles. The van der Waals surface area contributed by atoms with Crippen LogP contribution in [-0.2, 0) is 6.54 Å². The van der Waals surface area contributed by atoms with Crippen LogP contribution in [0.3, 0.4) is 0 Å². The summed E-state index contributed by atoms with van der Waals surface area (Å²) < 4.78 is 2.15. The van der Waals surface area contributed by atoms with Gasteiger partial charge >= 0.3 is 0 Å². The average Bonchev–Trinajstić information content (AvgIpc) is 3.39. The summed E-state index contributed by atoms with van der Waals surface area (Å²) >= 11 is 0. The van der Waals surface area contributed by atoms with Crippen molar-refractivity contribution in [3.8, 4) is 11.1 Å². The van der Waals surface area contributed by atoms with Gasteiger partial charge in [0.2, 0.25) is 5.95 Å². The Morgan fingerprint density at radius 2 is 1.78 bits per heavy atom. The van der Waals surface area contributed by atoms with Crippen LogP contribution in [0.2, 0.25) is 0 Å². The smallest absolute Gasteiger partial charge is 0.270 e. The van der Waals surface area contributed by atoms with E-state index < -0.39 is 0 Å². The highest BCUT2D eigenvalue weighted by atomic mass is 16.2. The van der Waals surface area contributed by atoms with Gasteiger partial charge in [0.05, 0.1) is 0 Å². The van der Waals surface area contributed by atoms with Crippen molar-refractivity contribution in [2.24, 2.45) is 5.92 Å². The monoisotopic (exact) mass is 368 g/mol. The predicted molar refractivity (Wildman–Crippen MR) is 106 cm³/mol. The van der Waals surface area contributed by atoms with Crippen molar-refractivity contribution in [1.29, 1.82) is 0 Å². The summed E-state index contributed by atoms with van der Waals surface area (Å²) in [6.07, 6.45) is 8.29. The third kappa shape index (κ3) is 3.98. The fourth-order valence-electron chi connectivity index (χ4n) is 3.45. The molecule has 0 aromatic carbocycles. The zero-order chi connectivity index (χ0) is 19.0. The maximum absolute atomic E-state index is 13.2. The number of amides is 1. The number of nitrogens with zero attached hydrogens (tertiary/aromatic N) is 6. The first-order chi connectivity index (χ1) is 13.0. The molecule has 4 rings (SSSR count). The number of piperazine rings is 1. The van der Waals surface area contributed by atoms with Gasteiger partial charge in [0.15, 0.2) is 0 Å². The van der Waals surface area contributed by atoms with Gasteiger partial charge in [-0.2, -0.15) is 0 Å². The van der Waals surface area contributed by atoms with Crippen LogP contribution in [0.25, 0.3) is 11.1 Å². The molecule has 0 spiro atoms. The van der Waals surface area contributed by atoms with Gasteiger partial charge in [0.1, 0.15) is 5.69 Å². The van der Waals surface area contributed by atoms with E-state index in [9.17, 15) is 4.79 Å². The van der Waals surface area contributed by atoms with E-state index in [1.54, 1.807) is 0 Å². The highest BCUT2D eigenvalue weighted by Crippen LogP contribution is 2.33. The zero-order valence-corrected chi connectivity index (χ0v) is 16.4. The molecular formula is C20H28N6O. The van der Waals surface area contributed by atoms with Gasteiger partial charge in [0, 0.05) is 76.5 Å². The van der Waals surface area contributed by atoms with Crippen LogP contribution in [0.15, 0.2) is 24.7 Å². The summed E-state index contributed by atoms with van der Waals surface area (Å²) in [4.78, 5) is 28.1. The van der Waals surface area contributed by atoms with E-state index in [0.29, 0.717) is 11.9 Å². The van der Waals surface area contributed by atoms with Crippen molar-refractivity contribution in [1.82, 2.24) is 24.3 Å². The number of hydrogen-bond acceptors (Lipinski definition) is 5. The van der Waals surface area contributed by atoms with E-state index in [0.717, 1.165) is 49.5 Å². The van der Waals surface area contributed by atoms with Crippen LogP contribution < -0.4 is 4.90 Å². The quantitative estimate of drug-likeness (QED) is 0.806. The van der Waals surface area contributed by atoms with Gasteiger partial charge in [-0.15, -0.1) is 0 Å². The molecule has 7 heteroatoms. The summed E-state index contributed by atoms with van der Waals surface area (Å²) in [6, 6.07) is 2.01. The maximum atomic E-state index is 13.2. The highest BCUT2D eigenvalue weighted by Gasteiger charge is 2.27. The van der Waals surface area contributed by atoms with E-state index in [4.69, 9.17) is 0 Å². The molecule has 1 amide bonds. The number of likely N-dealkylation sites (N-methyl/N-ethyl adjacent to an activating group) is 1. The first-order valence-electron chi connectivity index (χ1n) is 9.69. The number of rotatable bonds is 5. The van der Waals surface area contributed by atoms with Crippen LogP contribution in [-0.4, -0.2) is 77.6 Å². The van der Waals surface area contributed by atoms with E-state index in [1.807, 2.05) is 42.4 Å². The second-order valence-corrected chi connectivity index (χ2v) is 7.97. The van der Waals surface area contributed by atoms with E-state index >= 15 is 0 Å². The van der Waals surface area contributed by atoms with Gasteiger partial charge in [-0.1, -0.05) is 0 Å². The normalized spacial score (nSPS) is 18.0. The Kier molecular flexibility index (Phi) is 4.86. The molecule has 27 heavy (non-hydrogen) atoms. The van der Waals surface area contributed by atoms with Crippen LogP contribution in [0.1, 0.15) is 23.3 Å². The summed E-state index contributed by atoms with van der Waals surface area (Å²) in [5.41, 5.74) is 2.75. The van der Waals surface area contributed by atoms with Crippen molar-refractivity contribution in [3.05, 3.63) is 30.4 Å². The van der Waals surface area contributed by atoms with Gasteiger partial charge in [0.25, 0.3) is 5.91 Å². The maximum Gasteiger partial charge on any atom is 0.270 e. The van der Waals surface area contributed by atoms with Gasteiger partial charge < -0.3 is 19.3 Å². The Balaban J connectivity index is 1.61. The zero-order valence-electron chi connectivity index (χ0n) is 16.4. The lowest BCUT2D eigenvalue weighted by Crippen LogP contribution is -2.47. The van der Waals surface area contributed by atoms with E-state index in [1.165, 1.54) is 12.8 Å². The minimum Gasteiger partial charge on any atom is -0.347 e. The lowest BCUT2D eigenvalue weighted by molar-refractivity contribution is 0.0653. The lowest BCUT2D eigenvalue weighted by atomic mass is 10.2. The van der Waals surface area contributed by atoms with Gasteiger partial charge in [-0.05, 0) is 31.9 Å². The first-order valence-corrected chi connectivity index (χ1v) is 9.69. The SMILES string of the molecule is CN1CCN(C(=O)c2cc(-c3cnc(N(C)C)nc3)cn2CC2CC2)CC1. The summed E-state index contributed by atoms with van der Waals surface area (Å²) in [5.74, 6) is 1.53. The van der Waals surface area contributed by atoms with Crippen molar-refractivity contribution < 1.29 is 4.79 Å². The van der Waals surface area contributed by atoms with Crippen LogP contribution in [0, 0.1) is 5.92 Å². The fraction of sp³-hybridized carbons (Fsp3) is 0.550. The van der Waals surface area contributed by atoms with Crippen molar-refractivity contribution in [2.75, 3.05) is 52.2 Å². The fourth-order valence-corrected chi connectivity index (χ4v) is 3.45. The molecule has 2 aromatic heterocycles. The third-order valence-corrected chi connectivity index (χ3v) is 5.43. The van der Waals surface area contributed by atoms with Crippen LogP contribution in [0.4, 0.5) is 5.95 Å². The molecule has 1 saturated carbocycles. The molecule has 7 nitrogen and oxygen atoms in total. The van der Waals surface area contributed by atoms with E-state index in [-0.39, 0.29) is 5.91 Å². The lowest BCUT2D eigenvalue weighted by Gasteiger charge is -2.32. The molecule has 144 valence electrons. The number of aromatic nitrogens is 3. The molecule has 0 unspecified atom stereocenters. The van der Waals surface area contributed by atoms with Gasteiger partial charge in [-0.3, -0.25) is 4.79 Å². The summed E-state index contributed by atoms with van der Waals surface area (Å²) in [6.45, 7) is 4.37. The second kappa shape index (κ2) is 7.31. The van der Waals surface area contributed by atoms with Crippen molar-refractivity contribution in [2.45, 2.75) is 19.4 Å². The second-order valence-electron chi connectivity index (χ2n) is 7.97. The highest BCUT2D eigenvalue weighted by molar-refractivity contribution is 5.94. The molecule has 2 aromatic rings. The molecule has 2 fully saturated rings. The van der Waals surface area contributed by atoms with Crippen LogP contribution in [0.5, 0.6) is 0 Å². The number of carbonyl (C=O) groups is 1. The number of hydrogen-bond donors (Lipinski definition) is 0. The summed E-state index contributed by atoms with van der Waals surface area (Å²) in [7, 11) is 5.95. The number of carbonyl (C=O) groups excluding carboxylic acids is 1. The molecule has 0 radical (unpaired) electrons. The molecule has 1 aliphatic carbocycles. The summed E-state index contributed by atoms with van der Waals surface area (Å²) in [5, 5.41) is 0. The molecule has 0 atom stereocenters. The molecule has 2 aliphatic rings. The van der Waals surface area contributed by atoms with Crippen molar-refractivity contribution in [3.63, 3.8) is 0 Å². The minimum absolute atomic E-state index is 0.140. The van der Waals surface area contributed by atoms with Crippen LogP contribution >= 0.6 is 0 Å². The Labute approximate surface area is 160 Å². The standard InChI is InChI=1S/C20H28N6O/c1-23(2)20-21-11-17(12-22-20)16-10-18(26(14-16)13-15-4-5-15)19(27)25-8-6-24(3)7-9-25/h10-12,14-15H,4-9,13H2,1-3H3. The number of anilines is 1. The molecule has 1 saturated heterocycles. The largest absolute Gasteiger partial charge is 0.347 e. The molecule has 0 bridgehead atoms. The van der Waals surface area contributed by atoms with Gasteiger partial charge in [-0.25, -0.2) is 9.97 Å².